The number of hydrogen-bond acceptors (Lipinski definition) is 6. The van der Waals surface area contributed by atoms with Gasteiger partial charge in [0, 0.05) is 44.5 Å². The average molecular weight is 342 g/mol. The van der Waals surface area contributed by atoms with Crippen molar-refractivity contribution < 1.29 is 9.26 Å². The highest BCUT2D eigenvalue weighted by molar-refractivity contribution is 5.39. The van der Waals surface area contributed by atoms with Crippen molar-refractivity contribution in [3.8, 4) is 0 Å². The lowest BCUT2D eigenvalue weighted by molar-refractivity contribution is -0.116. The Bertz CT molecular complexity index is 694. The molecule has 6 nitrogen and oxygen atoms in total. The fraction of sp³-hybridized carbons (Fsp3) is 0.579. The summed E-state index contributed by atoms with van der Waals surface area (Å²) in [4.78, 5) is 9.37. The lowest BCUT2D eigenvalue weighted by atomic mass is 9.90. The second kappa shape index (κ2) is 6.77. The van der Waals surface area contributed by atoms with Gasteiger partial charge in [-0.05, 0) is 38.8 Å². The number of aryl methyl sites for hydroxylation is 2. The third-order valence-electron chi connectivity index (χ3n) is 5.40. The summed E-state index contributed by atoms with van der Waals surface area (Å²) in [6, 6.07) is 6.10. The second-order valence-corrected chi connectivity index (χ2v) is 7.26. The van der Waals surface area contributed by atoms with Crippen LogP contribution in [0.5, 0.6) is 0 Å². The van der Waals surface area contributed by atoms with E-state index < -0.39 is 0 Å². The van der Waals surface area contributed by atoms with Crippen LogP contribution in [0.15, 0.2) is 28.9 Å². The van der Waals surface area contributed by atoms with Gasteiger partial charge in [0.1, 0.15) is 11.6 Å². The van der Waals surface area contributed by atoms with Crippen LogP contribution in [-0.4, -0.2) is 53.4 Å². The molecule has 1 spiro atoms. The summed E-state index contributed by atoms with van der Waals surface area (Å²) in [5.74, 6) is 1.98. The first-order valence-electron chi connectivity index (χ1n) is 9.09. The normalized spacial score (nSPS) is 24.8. The maximum absolute atomic E-state index is 6.32. The summed E-state index contributed by atoms with van der Waals surface area (Å²) in [7, 11) is 0. The van der Waals surface area contributed by atoms with Crippen molar-refractivity contribution in [3.63, 3.8) is 0 Å². The molecule has 4 heterocycles. The van der Waals surface area contributed by atoms with Crippen LogP contribution < -0.4 is 4.90 Å². The number of hydrogen-bond donors (Lipinski definition) is 0. The van der Waals surface area contributed by atoms with Gasteiger partial charge in [-0.25, -0.2) is 4.98 Å². The molecule has 0 bridgehead atoms. The predicted molar refractivity (Wildman–Crippen MR) is 95.6 cm³/mol. The molecule has 0 saturated carbocycles. The van der Waals surface area contributed by atoms with Crippen LogP contribution in [0.1, 0.15) is 29.9 Å². The van der Waals surface area contributed by atoms with Crippen LogP contribution in [0.25, 0.3) is 0 Å². The number of pyridine rings is 1. The first-order chi connectivity index (χ1) is 12.2. The summed E-state index contributed by atoms with van der Waals surface area (Å²) in [5.41, 5.74) is 2.11. The van der Waals surface area contributed by atoms with Crippen molar-refractivity contribution in [2.75, 3.05) is 37.7 Å². The Morgan fingerprint density at radius 1 is 1.20 bits per heavy atom. The van der Waals surface area contributed by atoms with Gasteiger partial charge in [0.25, 0.3) is 0 Å². The zero-order valence-electron chi connectivity index (χ0n) is 15.1. The molecule has 0 amide bonds. The van der Waals surface area contributed by atoms with Crippen molar-refractivity contribution in [3.05, 3.63) is 41.4 Å². The second-order valence-electron chi connectivity index (χ2n) is 7.26. The molecule has 0 aromatic carbocycles. The van der Waals surface area contributed by atoms with Crippen molar-refractivity contribution in [2.24, 2.45) is 0 Å². The fourth-order valence-electron chi connectivity index (χ4n) is 4.09. The van der Waals surface area contributed by atoms with Gasteiger partial charge in [0.2, 0.25) is 0 Å². The lowest BCUT2D eigenvalue weighted by Gasteiger charge is -2.48. The van der Waals surface area contributed by atoms with Gasteiger partial charge in [-0.1, -0.05) is 11.2 Å². The third-order valence-corrected chi connectivity index (χ3v) is 5.40. The van der Waals surface area contributed by atoms with Gasteiger partial charge in [0.15, 0.2) is 0 Å². The molecule has 1 atom stereocenters. The summed E-state index contributed by atoms with van der Waals surface area (Å²) in [6.07, 6.45) is 4.10. The lowest BCUT2D eigenvalue weighted by Crippen LogP contribution is -2.59. The molecule has 134 valence electrons. The maximum Gasteiger partial charge on any atom is 0.138 e. The van der Waals surface area contributed by atoms with E-state index in [4.69, 9.17) is 9.26 Å². The van der Waals surface area contributed by atoms with Crippen LogP contribution in [0, 0.1) is 13.8 Å². The Labute approximate surface area is 148 Å². The Balaban J connectivity index is 1.48. The van der Waals surface area contributed by atoms with Crippen LogP contribution in [-0.2, 0) is 11.3 Å². The van der Waals surface area contributed by atoms with Crippen LogP contribution in [0.3, 0.4) is 0 Å². The van der Waals surface area contributed by atoms with Crippen molar-refractivity contribution in [2.45, 2.75) is 38.8 Å². The summed E-state index contributed by atoms with van der Waals surface area (Å²) in [5, 5.41) is 4.09. The number of aromatic nitrogens is 2. The van der Waals surface area contributed by atoms with E-state index in [1.807, 2.05) is 26.1 Å². The Morgan fingerprint density at radius 2 is 2.12 bits per heavy atom. The highest BCUT2D eigenvalue weighted by Crippen LogP contribution is 2.31. The number of piperidine rings is 1. The molecule has 0 radical (unpaired) electrons. The van der Waals surface area contributed by atoms with Crippen LogP contribution >= 0.6 is 0 Å². The largest absolute Gasteiger partial charge is 0.370 e. The topological polar surface area (TPSA) is 54.6 Å². The Hall–Kier alpha value is -1.92. The molecule has 0 aliphatic carbocycles. The van der Waals surface area contributed by atoms with E-state index in [0.29, 0.717) is 0 Å². The van der Waals surface area contributed by atoms with Crippen molar-refractivity contribution in [1.29, 1.82) is 0 Å². The van der Waals surface area contributed by atoms with Crippen molar-refractivity contribution >= 4 is 5.82 Å². The number of ether oxygens (including phenoxy) is 1. The van der Waals surface area contributed by atoms with Crippen molar-refractivity contribution in [1.82, 2.24) is 15.0 Å². The summed E-state index contributed by atoms with van der Waals surface area (Å²) < 4.78 is 11.6. The molecule has 2 aliphatic heterocycles. The molecule has 6 heteroatoms. The van der Waals surface area contributed by atoms with E-state index >= 15 is 0 Å². The van der Waals surface area contributed by atoms with Crippen LogP contribution in [0.4, 0.5) is 5.82 Å². The SMILES string of the molecule is Cc1noc(C)c1CN1CCO[C@]2(CCCN(c3ccccn3)C2)C1. The molecule has 25 heavy (non-hydrogen) atoms. The first-order valence-corrected chi connectivity index (χ1v) is 9.09. The third kappa shape index (κ3) is 3.41. The molecule has 2 aromatic rings. The Morgan fingerprint density at radius 3 is 2.88 bits per heavy atom. The molecule has 4 rings (SSSR count). The minimum Gasteiger partial charge on any atom is -0.370 e. The quantitative estimate of drug-likeness (QED) is 0.854. The molecule has 2 aromatic heterocycles. The fourth-order valence-corrected chi connectivity index (χ4v) is 4.09. The summed E-state index contributed by atoms with van der Waals surface area (Å²) in [6.45, 7) is 9.53. The summed E-state index contributed by atoms with van der Waals surface area (Å²) >= 11 is 0. The average Bonchev–Trinajstić information content (AvgIpc) is 2.95. The van der Waals surface area contributed by atoms with E-state index in [2.05, 4.69) is 32.1 Å². The molecule has 2 aliphatic rings. The van der Waals surface area contributed by atoms with Gasteiger partial charge in [-0.15, -0.1) is 0 Å². The minimum atomic E-state index is -0.104. The molecule has 0 N–H and O–H groups in total. The highest BCUT2D eigenvalue weighted by Gasteiger charge is 2.41. The number of morpholine rings is 1. The number of nitrogens with zero attached hydrogens (tertiary/aromatic N) is 4. The predicted octanol–water partition coefficient (Wildman–Crippen LogP) is 2.56. The van der Waals surface area contributed by atoms with Gasteiger partial charge in [0.05, 0.1) is 17.9 Å². The van der Waals surface area contributed by atoms with E-state index in [1.54, 1.807) is 0 Å². The Kier molecular flexibility index (Phi) is 4.48. The number of rotatable bonds is 3. The van der Waals surface area contributed by atoms with Gasteiger partial charge < -0.3 is 14.2 Å². The monoisotopic (exact) mass is 342 g/mol. The van der Waals surface area contributed by atoms with E-state index in [1.165, 1.54) is 5.56 Å². The molecular formula is C19H26N4O2. The standard InChI is InChI=1S/C19H26N4O2/c1-15-17(16(2)25-21-15)12-22-10-11-24-19(13-22)7-5-9-23(14-19)18-6-3-4-8-20-18/h3-4,6,8H,5,7,9-14H2,1-2H3/t19-/m1/s1. The van der Waals surface area contributed by atoms with Gasteiger partial charge in [-0.2, -0.15) is 0 Å². The minimum absolute atomic E-state index is 0.104. The van der Waals surface area contributed by atoms with E-state index in [-0.39, 0.29) is 5.60 Å². The molecule has 2 saturated heterocycles. The molecule has 0 unspecified atom stereocenters. The van der Waals surface area contributed by atoms with Gasteiger partial charge >= 0.3 is 0 Å². The van der Waals surface area contributed by atoms with Crippen LogP contribution in [0.2, 0.25) is 0 Å². The smallest absolute Gasteiger partial charge is 0.138 e. The van der Waals surface area contributed by atoms with E-state index in [0.717, 1.165) is 69.4 Å². The molecular weight excluding hydrogens is 316 g/mol. The van der Waals surface area contributed by atoms with E-state index in [9.17, 15) is 0 Å². The number of anilines is 1. The maximum atomic E-state index is 6.32. The van der Waals surface area contributed by atoms with Gasteiger partial charge in [-0.3, -0.25) is 4.90 Å². The highest BCUT2D eigenvalue weighted by atomic mass is 16.5. The first kappa shape index (κ1) is 16.5. The zero-order valence-corrected chi connectivity index (χ0v) is 15.1. The zero-order chi connectivity index (χ0) is 17.3. The molecule has 2 fully saturated rings.